The molecule has 1 unspecified atom stereocenters. The van der Waals surface area contributed by atoms with Crippen LogP contribution >= 0.6 is 0 Å². The number of rotatable bonds is 8. The van der Waals surface area contributed by atoms with Crippen LogP contribution in [0, 0.1) is 46.3 Å². The van der Waals surface area contributed by atoms with E-state index in [1.165, 1.54) is 38.5 Å². The van der Waals surface area contributed by atoms with Crippen molar-refractivity contribution in [1.29, 1.82) is 0 Å². The summed E-state index contributed by atoms with van der Waals surface area (Å²) in [5.41, 5.74) is 0.408. The zero-order valence-corrected chi connectivity index (χ0v) is 20.8. The third kappa shape index (κ3) is 4.48. The summed E-state index contributed by atoms with van der Waals surface area (Å²) in [4.78, 5) is 11.8. The van der Waals surface area contributed by atoms with E-state index in [-0.39, 0.29) is 5.92 Å². The van der Waals surface area contributed by atoms with Gasteiger partial charge in [-0.15, -0.1) is 0 Å². The lowest BCUT2D eigenvalue weighted by Crippen LogP contribution is -2.44. The number of carboxylic acid groups (broad SMARTS) is 1. The number of aliphatic hydroxyl groups excluding tert-OH is 1. The molecule has 0 aromatic heterocycles. The van der Waals surface area contributed by atoms with E-state index < -0.39 is 11.4 Å². The smallest absolute Gasteiger partial charge is 0.331 e. The lowest BCUT2D eigenvalue weighted by atomic mass is 9.54. The van der Waals surface area contributed by atoms with Crippen LogP contribution in [-0.2, 0) is 4.79 Å². The average Bonchev–Trinajstić information content (AvgIpc) is 3.05. The van der Waals surface area contributed by atoms with Gasteiger partial charge in [0.1, 0.15) is 0 Å². The van der Waals surface area contributed by atoms with Crippen molar-refractivity contribution in [1.82, 2.24) is 0 Å². The molecule has 0 saturated heterocycles. The number of carbonyl (C=O) groups is 1. The van der Waals surface area contributed by atoms with E-state index in [0.717, 1.165) is 37.0 Å². The van der Waals surface area contributed by atoms with Crippen molar-refractivity contribution < 1.29 is 15.0 Å². The molecule has 0 aliphatic heterocycles. The molecular weight excluding hydrogens is 384 g/mol. The average molecular weight is 431 g/mol. The number of allylic oxidation sites excluding steroid dienone is 3. The highest BCUT2D eigenvalue weighted by Crippen LogP contribution is 2.62. The number of fused-ring (bicyclic) bond motifs is 1. The van der Waals surface area contributed by atoms with Crippen molar-refractivity contribution in [2.24, 2.45) is 46.3 Å². The first kappa shape index (κ1) is 24.4. The minimum absolute atomic E-state index is 0.0636. The second-order valence-electron chi connectivity index (χ2n) is 11.9. The monoisotopic (exact) mass is 430 g/mol. The first-order valence-corrected chi connectivity index (χ1v) is 12.9. The van der Waals surface area contributed by atoms with Crippen LogP contribution in [0.25, 0.3) is 0 Å². The molecule has 31 heavy (non-hydrogen) atoms. The molecule has 2 fully saturated rings. The van der Waals surface area contributed by atoms with Crippen LogP contribution in [0.15, 0.2) is 23.5 Å². The normalized spacial score (nSPS) is 39.1. The summed E-state index contributed by atoms with van der Waals surface area (Å²) in [6.45, 7) is 14.2. The van der Waals surface area contributed by atoms with Gasteiger partial charge in [0.15, 0.2) is 0 Å². The molecule has 0 amide bonds. The fourth-order valence-electron chi connectivity index (χ4n) is 7.88. The molecule has 3 heteroatoms. The molecule has 2 saturated carbocycles. The van der Waals surface area contributed by atoms with E-state index in [1.54, 1.807) is 12.2 Å². The SMILES string of the molecule is CC[C@]1(C)[C@@H]([C@H](C)CCCC(C)C)CC[C@H]1[C@@H]1CCC2C(C(=O)O)=CC=C(O)[C@]2(C)C1. The number of hydrogen-bond acceptors (Lipinski definition) is 2. The second kappa shape index (κ2) is 9.32. The van der Waals surface area contributed by atoms with Gasteiger partial charge in [0.05, 0.1) is 5.76 Å². The van der Waals surface area contributed by atoms with Crippen molar-refractivity contribution >= 4 is 5.97 Å². The van der Waals surface area contributed by atoms with Crippen molar-refractivity contribution in [2.45, 2.75) is 99.3 Å². The van der Waals surface area contributed by atoms with Gasteiger partial charge < -0.3 is 10.2 Å². The van der Waals surface area contributed by atoms with Gasteiger partial charge in [0.2, 0.25) is 0 Å². The van der Waals surface area contributed by atoms with Crippen molar-refractivity contribution in [2.75, 3.05) is 0 Å². The van der Waals surface area contributed by atoms with Crippen molar-refractivity contribution in [3.63, 3.8) is 0 Å². The Kier molecular flexibility index (Phi) is 7.33. The van der Waals surface area contributed by atoms with E-state index in [9.17, 15) is 15.0 Å². The summed E-state index contributed by atoms with van der Waals surface area (Å²) < 4.78 is 0. The first-order chi connectivity index (χ1) is 14.5. The first-order valence-electron chi connectivity index (χ1n) is 12.9. The Morgan fingerprint density at radius 2 is 1.81 bits per heavy atom. The number of aliphatic carboxylic acids is 1. The van der Waals surface area contributed by atoms with Crippen molar-refractivity contribution in [3.8, 4) is 0 Å². The Morgan fingerprint density at radius 3 is 2.42 bits per heavy atom. The van der Waals surface area contributed by atoms with Gasteiger partial charge in [-0.3, -0.25) is 0 Å². The highest BCUT2D eigenvalue weighted by molar-refractivity contribution is 5.88. The third-order valence-electron chi connectivity index (χ3n) is 9.85. The Balaban J connectivity index is 1.75. The Hall–Kier alpha value is -1.25. The molecule has 176 valence electrons. The molecule has 0 heterocycles. The fraction of sp³-hybridized carbons (Fsp3) is 0.821. The second-order valence-corrected chi connectivity index (χ2v) is 11.9. The molecule has 0 radical (unpaired) electrons. The summed E-state index contributed by atoms with van der Waals surface area (Å²) in [6, 6.07) is 0. The summed E-state index contributed by atoms with van der Waals surface area (Å²) in [7, 11) is 0. The molecule has 0 aromatic carbocycles. The van der Waals surface area contributed by atoms with Crippen LogP contribution < -0.4 is 0 Å². The van der Waals surface area contributed by atoms with Crippen molar-refractivity contribution in [3.05, 3.63) is 23.5 Å². The zero-order chi connectivity index (χ0) is 23.0. The molecule has 0 spiro atoms. The summed E-state index contributed by atoms with van der Waals surface area (Å²) in [5, 5.41) is 20.5. The molecule has 0 aromatic rings. The Morgan fingerprint density at radius 1 is 1.10 bits per heavy atom. The number of hydrogen-bond donors (Lipinski definition) is 2. The maximum absolute atomic E-state index is 11.8. The van der Waals surface area contributed by atoms with Gasteiger partial charge >= 0.3 is 5.97 Å². The van der Waals surface area contributed by atoms with Gasteiger partial charge in [-0.05, 0) is 79.3 Å². The maximum atomic E-state index is 11.8. The molecule has 0 bridgehead atoms. The summed E-state index contributed by atoms with van der Waals surface area (Å²) in [5.74, 6) is 3.09. The van der Waals surface area contributed by atoms with E-state index in [4.69, 9.17) is 0 Å². The molecule has 3 nitrogen and oxygen atoms in total. The third-order valence-corrected chi connectivity index (χ3v) is 9.85. The zero-order valence-electron chi connectivity index (χ0n) is 20.8. The molecule has 7 atom stereocenters. The van der Waals surface area contributed by atoms with E-state index in [0.29, 0.717) is 28.6 Å². The predicted molar refractivity (Wildman–Crippen MR) is 128 cm³/mol. The van der Waals surface area contributed by atoms with Crippen LogP contribution in [0.1, 0.15) is 99.3 Å². The number of aliphatic hydroxyl groups is 1. The quantitative estimate of drug-likeness (QED) is 0.413. The largest absolute Gasteiger partial charge is 0.512 e. The van der Waals surface area contributed by atoms with Crippen LogP contribution in [-0.4, -0.2) is 16.2 Å². The molecule has 3 aliphatic rings. The highest BCUT2D eigenvalue weighted by Gasteiger charge is 2.54. The predicted octanol–water partition coefficient (Wildman–Crippen LogP) is 7.78. The maximum Gasteiger partial charge on any atom is 0.331 e. The van der Waals surface area contributed by atoms with Gasteiger partial charge in [0.25, 0.3) is 0 Å². The lowest BCUT2D eigenvalue weighted by Gasteiger charge is -2.50. The van der Waals surface area contributed by atoms with Crippen LogP contribution in [0.4, 0.5) is 0 Å². The standard InChI is InChI=1S/C28H46O3/c1-7-27(5)22(19(4)10-8-9-18(2)3)14-15-23(27)20-11-13-24-21(26(30)31)12-16-25(29)28(24,6)17-20/h12,16,18-20,22-24,29H,7-11,13-15,17H2,1-6H3,(H,30,31)/t19-,20-,22-,23+,24?,27-,28-/m1/s1. The molecule has 3 rings (SSSR count). The van der Waals surface area contributed by atoms with Gasteiger partial charge in [-0.1, -0.05) is 67.2 Å². The molecule has 3 aliphatic carbocycles. The van der Waals surface area contributed by atoms with Gasteiger partial charge in [0, 0.05) is 16.9 Å². The highest BCUT2D eigenvalue weighted by atomic mass is 16.4. The molecular formula is C28H46O3. The Labute approximate surface area is 190 Å². The van der Waals surface area contributed by atoms with Crippen LogP contribution in [0.5, 0.6) is 0 Å². The van der Waals surface area contributed by atoms with E-state index in [2.05, 4.69) is 41.5 Å². The topological polar surface area (TPSA) is 57.5 Å². The summed E-state index contributed by atoms with van der Waals surface area (Å²) >= 11 is 0. The molecule has 2 N–H and O–H groups in total. The minimum Gasteiger partial charge on any atom is -0.512 e. The lowest BCUT2D eigenvalue weighted by molar-refractivity contribution is -0.134. The number of carboxylic acids is 1. The van der Waals surface area contributed by atoms with Crippen LogP contribution in [0.3, 0.4) is 0 Å². The van der Waals surface area contributed by atoms with E-state index >= 15 is 0 Å². The Bertz CT molecular complexity index is 720. The van der Waals surface area contributed by atoms with Crippen LogP contribution in [0.2, 0.25) is 0 Å². The van der Waals surface area contributed by atoms with E-state index in [1.807, 2.05) is 0 Å². The summed E-state index contributed by atoms with van der Waals surface area (Å²) in [6.07, 6.45) is 14.0. The minimum atomic E-state index is -0.826. The van der Waals surface area contributed by atoms with Gasteiger partial charge in [-0.2, -0.15) is 0 Å². The fourth-order valence-corrected chi connectivity index (χ4v) is 7.88. The van der Waals surface area contributed by atoms with Gasteiger partial charge in [-0.25, -0.2) is 4.79 Å².